The molecule has 0 unspecified atom stereocenters. The van der Waals surface area contributed by atoms with E-state index in [1.165, 1.54) is 5.56 Å². The second-order valence-electron chi connectivity index (χ2n) is 6.13. The average molecular weight is 255 g/mol. The molecule has 1 heterocycles. The predicted molar refractivity (Wildman–Crippen MR) is 76.0 cm³/mol. The van der Waals surface area contributed by atoms with Crippen LogP contribution in [0.5, 0.6) is 0 Å². The molecule has 0 bridgehead atoms. The summed E-state index contributed by atoms with van der Waals surface area (Å²) in [6.45, 7) is 10.8. The molecule has 0 fully saturated rings. The third kappa shape index (κ3) is 4.55. The number of rotatable bonds is 4. The standard InChI is InChI=1S/C14H23ClN2/c1-13(2,3)11-6-7-12(16-10-11)17-14(4,5)8-9-15/h6-7,10H,8-9H2,1-5H3,(H,16,17). The van der Waals surface area contributed by atoms with Crippen LogP contribution in [0.3, 0.4) is 0 Å². The highest BCUT2D eigenvalue weighted by Crippen LogP contribution is 2.23. The van der Waals surface area contributed by atoms with Gasteiger partial charge in [0, 0.05) is 17.6 Å². The Kier molecular flexibility index (Phi) is 4.42. The van der Waals surface area contributed by atoms with E-state index in [-0.39, 0.29) is 11.0 Å². The van der Waals surface area contributed by atoms with Gasteiger partial charge in [-0.15, -0.1) is 11.6 Å². The van der Waals surface area contributed by atoms with Gasteiger partial charge >= 0.3 is 0 Å². The lowest BCUT2D eigenvalue weighted by Crippen LogP contribution is -2.31. The SMILES string of the molecule is CC(C)(CCCl)Nc1ccc(C(C)(C)C)cn1. The van der Waals surface area contributed by atoms with E-state index >= 15 is 0 Å². The van der Waals surface area contributed by atoms with Crippen LogP contribution in [0.4, 0.5) is 5.82 Å². The Balaban J connectivity index is 2.75. The molecule has 1 aromatic rings. The van der Waals surface area contributed by atoms with Crippen molar-refractivity contribution in [2.24, 2.45) is 0 Å². The van der Waals surface area contributed by atoms with Crippen LogP contribution >= 0.6 is 11.6 Å². The van der Waals surface area contributed by atoms with Gasteiger partial charge in [0.2, 0.25) is 0 Å². The maximum Gasteiger partial charge on any atom is 0.126 e. The summed E-state index contributed by atoms with van der Waals surface area (Å²) >= 11 is 5.78. The minimum Gasteiger partial charge on any atom is -0.365 e. The Bertz CT molecular complexity index is 349. The van der Waals surface area contributed by atoms with Crippen molar-refractivity contribution < 1.29 is 0 Å². The smallest absolute Gasteiger partial charge is 0.126 e. The molecule has 0 aliphatic heterocycles. The fourth-order valence-corrected chi connectivity index (χ4v) is 2.03. The van der Waals surface area contributed by atoms with Gasteiger partial charge in [-0.2, -0.15) is 0 Å². The maximum atomic E-state index is 5.78. The van der Waals surface area contributed by atoms with Gasteiger partial charge in [-0.25, -0.2) is 4.98 Å². The van der Waals surface area contributed by atoms with Crippen LogP contribution in [-0.2, 0) is 5.41 Å². The third-order valence-electron chi connectivity index (χ3n) is 2.82. The Labute approximate surface area is 110 Å². The number of pyridine rings is 1. The highest BCUT2D eigenvalue weighted by Gasteiger charge is 2.18. The van der Waals surface area contributed by atoms with Crippen LogP contribution in [0.25, 0.3) is 0 Å². The van der Waals surface area contributed by atoms with Crippen molar-refractivity contribution in [1.82, 2.24) is 4.98 Å². The van der Waals surface area contributed by atoms with Crippen LogP contribution < -0.4 is 5.32 Å². The third-order valence-corrected chi connectivity index (χ3v) is 3.00. The molecule has 3 heteroatoms. The molecule has 1 N–H and O–H groups in total. The van der Waals surface area contributed by atoms with Crippen LogP contribution in [0.2, 0.25) is 0 Å². The van der Waals surface area contributed by atoms with Gasteiger partial charge in [0.1, 0.15) is 5.82 Å². The number of alkyl halides is 1. The molecule has 0 aliphatic rings. The Morgan fingerprint density at radius 3 is 2.24 bits per heavy atom. The molecule has 0 atom stereocenters. The van der Waals surface area contributed by atoms with E-state index in [1.54, 1.807) is 0 Å². The van der Waals surface area contributed by atoms with E-state index in [2.05, 4.69) is 51.0 Å². The summed E-state index contributed by atoms with van der Waals surface area (Å²) in [6.07, 6.45) is 2.86. The summed E-state index contributed by atoms with van der Waals surface area (Å²) in [4.78, 5) is 4.46. The first kappa shape index (κ1) is 14.3. The van der Waals surface area contributed by atoms with Crippen LogP contribution in [0, 0.1) is 0 Å². The normalized spacial score (nSPS) is 12.6. The molecule has 0 amide bonds. The molecule has 0 radical (unpaired) electrons. The molecule has 0 saturated carbocycles. The second kappa shape index (κ2) is 5.26. The van der Waals surface area contributed by atoms with Crippen LogP contribution in [0.1, 0.15) is 46.6 Å². The van der Waals surface area contributed by atoms with Gasteiger partial charge in [0.25, 0.3) is 0 Å². The highest BCUT2D eigenvalue weighted by atomic mass is 35.5. The molecular formula is C14H23ClN2. The number of hydrogen-bond donors (Lipinski definition) is 1. The summed E-state index contributed by atoms with van der Waals surface area (Å²) in [5, 5.41) is 3.40. The molecule has 0 saturated heterocycles. The quantitative estimate of drug-likeness (QED) is 0.815. The lowest BCUT2D eigenvalue weighted by atomic mass is 9.88. The molecule has 96 valence electrons. The van der Waals surface area contributed by atoms with Gasteiger partial charge < -0.3 is 5.32 Å². The number of anilines is 1. The number of aromatic nitrogens is 1. The van der Waals surface area contributed by atoms with Crippen molar-refractivity contribution in [1.29, 1.82) is 0 Å². The summed E-state index contributed by atoms with van der Waals surface area (Å²) in [5.41, 5.74) is 1.38. The van der Waals surface area contributed by atoms with Crippen LogP contribution in [0.15, 0.2) is 18.3 Å². The molecule has 1 rings (SSSR count). The van der Waals surface area contributed by atoms with E-state index in [1.807, 2.05) is 12.3 Å². The number of nitrogens with one attached hydrogen (secondary N) is 1. The summed E-state index contributed by atoms with van der Waals surface area (Å²) in [6, 6.07) is 4.17. The second-order valence-corrected chi connectivity index (χ2v) is 6.51. The first-order chi connectivity index (χ1) is 7.74. The van der Waals surface area contributed by atoms with Crippen molar-refractivity contribution in [3.05, 3.63) is 23.9 Å². The molecular weight excluding hydrogens is 232 g/mol. The Morgan fingerprint density at radius 2 is 1.82 bits per heavy atom. The van der Waals surface area contributed by atoms with Crippen molar-refractivity contribution in [2.45, 2.75) is 52.0 Å². The number of hydrogen-bond acceptors (Lipinski definition) is 2. The molecule has 0 aliphatic carbocycles. The predicted octanol–water partition coefficient (Wildman–Crippen LogP) is 4.20. The van der Waals surface area contributed by atoms with Gasteiger partial charge in [0.15, 0.2) is 0 Å². The summed E-state index contributed by atoms with van der Waals surface area (Å²) in [5.74, 6) is 1.56. The highest BCUT2D eigenvalue weighted by molar-refractivity contribution is 6.17. The van der Waals surface area contributed by atoms with Gasteiger partial charge in [-0.3, -0.25) is 0 Å². The fourth-order valence-electron chi connectivity index (χ4n) is 1.56. The van der Waals surface area contributed by atoms with E-state index in [9.17, 15) is 0 Å². The number of halogens is 1. The largest absolute Gasteiger partial charge is 0.365 e. The number of nitrogens with zero attached hydrogens (tertiary/aromatic N) is 1. The molecule has 1 aromatic heterocycles. The van der Waals surface area contributed by atoms with Crippen molar-refractivity contribution >= 4 is 17.4 Å². The minimum absolute atomic E-state index is 0.0159. The average Bonchev–Trinajstić information content (AvgIpc) is 2.16. The zero-order valence-electron chi connectivity index (χ0n) is 11.5. The molecule has 0 aromatic carbocycles. The first-order valence-electron chi connectivity index (χ1n) is 6.05. The maximum absolute atomic E-state index is 5.78. The first-order valence-corrected chi connectivity index (χ1v) is 6.59. The molecule has 17 heavy (non-hydrogen) atoms. The van der Waals surface area contributed by atoms with E-state index in [0.717, 1.165) is 12.2 Å². The molecule has 0 spiro atoms. The Hall–Kier alpha value is -0.760. The lowest BCUT2D eigenvalue weighted by Gasteiger charge is -2.26. The van der Waals surface area contributed by atoms with Gasteiger partial charge in [-0.05, 0) is 37.3 Å². The zero-order chi connectivity index (χ0) is 13.1. The van der Waals surface area contributed by atoms with Crippen molar-refractivity contribution in [2.75, 3.05) is 11.2 Å². The topological polar surface area (TPSA) is 24.9 Å². The zero-order valence-corrected chi connectivity index (χ0v) is 12.2. The van der Waals surface area contributed by atoms with Crippen molar-refractivity contribution in [3.8, 4) is 0 Å². The minimum atomic E-state index is -0.0159. The van der Waals surface area contributed by atoms with E-state index in [4.69, 9.17) is 11.6 Å². The van der Waals surface area contributed by atoms with Gasteiger partial charge in [-0.1, -0.05) is 26.8 Å². The van der Waals surface area contributed by atoms with Gasteiger partial charge in [0.05, 0.1) is 0 Å². The van der Waals surface area contributed by atoms with E-state index in [0.29, 0.717) is 5.88 Å². The van der Waals surface area contributed by atoms with Crippen molar-refractivity contribution in [3.63, 3.8) is 0 Å². The molecule has 2 nitrogen and oxygen atoms in total. The monoisotopic (exact) mass is 254 g/mol. The van der Waals surface area contributed by atoms with Crippen LogP contribution in [-0.4, -0.2) is 16.4 Å². The summed E-state index contributed by atoms with van der Waals surface area (Å²) in [7, 11) is 0. The summed E-state index contributed by atoms with van der Waals surface area (Å²) < 4.78 is 0. The Morgan fingerprint density at radius 1 is 1.18 bits per heavy atom. The fraction of sp³-hybridized carbons (Fsp3) is 0.643. The lowest BCUT2D eigenvalue weighted by molar-refractivity contribution is 0.547. The van der Waals surface area contributed by atoms with E-state index < -0.39 is 0 Å².